The summed E-state index contributed by atoms with van der Waals surface area (Å²) in [4.78, 5) is 37.5. The number of carbonyl (C=O) groups is 3. The van der Waals surface area contributed by atoms with Crippen LogP contribution in [0.2, 0.25) is 0 Å². The first-order valence-electron chi connectivity index (χ1n) is 8.96. The van der Waals surface area contributed by atoms with Crippen LogP contribution in [0.3, 0.4) is 0 Å². The molecule has 3 rings (SSSR count). The van der Waals surface area contributed by atoms with Gasteiger partial charge in [-0.25, -0.2) is 4.79 Å². The first kappa shape index (κ1) is 19.6. The maximum atomic E-state index is 12.9. The number of hydrogen-bond acceptors (Lipinski definition) is 6. The molecule has 0 bridgehead atoms. The highest BCUT2D eigenvalue weighted by Gasteiger charge is 2.30. The summed E-state index contributed by atoms with van der Waals surface area (Å²) in [6.45, 7) is 1.49. The fraction of sp³-hybridized carbons (Fsp3) is 0.286. The molecule has 0 aromatic heterocycles. The summed E-state index contributed by atoms with van der Waals surface area (Å²) in [5, 5.41) is 0. The standard InChI is InChI=1S/C21H21NO6/c23-14-16-6-8-18(9-7-16)27-15-19(24)28-20(17-4-2-1-3-5-17)21(25)22-10-12-26-13-11-22/h1-9,14,20H,10-13,15H2/t20-/m0/s1. The third kappa shape index (κ3) is 5.17. The van der Waals surface area contributed by atoms with Gasteiger partial charge in [0, 0.05) is 24.2 Å². The summed E-state index contributed by atoms with van der Waals surface area (Å²) in [7, 11) is 0. The van der Waals surface area contributed by atoms with Crippen molar-refractivity contribution in [1.29, 1.82) is 0 Å². The van der Waals surface area contributed by atoms with Gasteiger partial charge in [0.25, 0.3) is 5.91 Å². The van der Waals surface area contributed by atoms with E-state index in [0.29, 0.717) is 43.2 Å². The van der Waals surface area contributed by atoms with Gasteiger partial charge in [0.1, 0.15) is 12.0 Å². The van der Waals surface area contributed by atoms with Crippen LogP contribution in [0.15, 0.2) is 54.6 Å². The van der Waals surface area contributed by atoms with Gasteiger partial charge in [0.15, 0.2) is 6.61 Å². The van der Waals surface area contributed by atoms with E-state index in [9.17, 15) is 14.4 Å². The summed E-state index contributed by atoms with van der Waals surface area (Å²) < 4.78 is 16.1. The van der Waals surface area contributed by atoms with E-state index in [0.717, 1.165) is 6.29 Å². The van der Waals surface area contributed by atoms with Gasteiger partial charge in [0.05, 0.1) is 13.2 Å². The first-order chi connectivity index (χ1) is 13.7. The molecule has 1 saturated heterocycles. The molecular weight excluding hydrogens is 362 g/mol. The van der Waals surface area contributed by atoms with E-state index >= 15 is 0 Å². The maximum Gasteiger partial charge on any atom is 0.345 e. The molecule has 1 aliphatic rings. The van der Waals surface area contributed by atoms with E-state index in [-0.39, 0.29) is 12.5 Å². The molecular formula is C21H21NO6. The molecule has 0 radical (unpaired) electrons. The predicted molar refractivity (Wildman–Crippen MR) is 100.0 cm³/mol. The highest BCUT2D eigenvalue weighted by Crippen LogP contribution is 2.21. The Bertz CT molecular complexity index is 799. The van der Waals surface area contributed by atoms with Crippen LogP contribution in [0.1, 0.15) is 22.0 Å². The molecule has 2 aromatic carbocycles. The van der Waals surface area contributed by atoms with Crippen molar-refractivity contribution in [1.82, 2.24) is 4.90 Å². The summed E-state index contributed by atoms with van der Waals surface area (Å²) in [6.07, 6.45) is -0.312. The number of ether oxygens (including phenoxy) is 3. The molecule has 7 heteroatoms. The molecule has 1 atom stereocenters. The summed E-state index contributed by atoms with van der Waals surface area (Å²) >= 11 is 0. The van der Waals surface area contributed by atoms with Gasteiger partial charge in [-0.15, -0.1) is 0 Å². The third-order valence-corrected chi connectivity index (χ3v) is 4.27. The van der Waals surface area contributed by atoms with Gasteiger partial charge in [-0.05, 0) is 24.3 Å². The van der Waals surface area contributed by atoms with Crippen LogP contribution in [0, 0.1) is 0 Å². The fourth-order valence-corrected chi connectivity index (χ4v) is 2.79. The van der Waals surface area contributed by atoms with E-state index in [1.165, 1.54) is 0 Å². The van der Waals surface area contributed by atoms with E-state index < -0.39 is 12.1 Å². The number of morpholine rings is 1. The Morgan fingerprint density at radius 1 is 1.04 bits per heavy atom. The van der Waals surface area contributed by atoms with Gasteiger partial charge < -0.3 is 19.1 Å². The third-order valence-electron chi connectivity index (χ3n) is 4.27. The molecule has 1 aliphatic heterocycles. The molecule has 0 saturated carbocycles. The Kier molecular flexibility index (Phi) is 6.75. The molecule has 7 nitrogen and oxygen atoms in total. The SMILES string of the molecule is O=Cc1ccc(OCC(=O)O[C@H](C(=O)N2CCOCC2)c2ccccc2)cc1. The minimum atomic E-state index is -1.03. The van der Waals surface area contributed by atoms with Gasteiger partial charge in [-0.3, -0.25) is 9.59 Å². The fourth-order valence-electron chi connectivity index (χ4n) is 2.79. The van der Waals surface area contributed by atoms with Crippen molar-refractivity contribution in [3.05, 3.63) is 65.7 Å². The topological polar surface area (TPSA) is 82.1 Å². The second kappa shape index (κ2) is 9.66. The Hall–Kier alpha value is -3.19. The van der Waals surface area contributed by atoms with Gasteiger partial charge >= 0.3 is 5.97 Å². The number of esters is 1. The van der Waals surface area contributed by atoms with Crippen LogP contribution in [-0.2, 0) is 19.1 Å². The molecule has 2 aromatic rings. The maximum absolute atomic E-state index is 12.9. The van der Waals surface area contributed by atoms with Crippen LogP contribution in [0.25, 0.3) is 0 Å². The monoisotopic (exact) mass is 383 g/mol. The number of amides is 1. The molecule has 28 heavy (non-hydrogen) atoms. The lowest BCUT2D eigenvalue weighted by atomic mass is 10.1. The van der Waals surface area contributed by atoms with Gasteiger partial charge in [-0.1, -0.05) is 30.3 Å². The minimum absolute atomic E-state index is 0.279. The van der Waals surface area contributed by atoms with Crippen LogP contribution in [0.4, 0.5) is 0 Å². The smallest absolute Gasteiger partial charge is 0.345 e. The zero-order valence-corrected chi connectivity index (χ0v) is 15.3. The molecule has 0 N–H and O–H groups in total. The molecule has 1 heterocycles. The lowest BCUT2D eigenvalue weighted by Crippen LogP contribution is -2.44. The molecule has 0 spiro atoms. The normalized spacial score (nSPS) is 14.8. The summed E-state index contributed by atoms with van der Waals surface area (Å²) in [6, 6.07) is 15.2. The zero-order valence-electron chi connectivity index (χ0n) is 15.3. The Balaban J connectivity index is 1.65. The average Bonchev–Trinajstić information content (AvgIpc) is 2.77. The Labute approximate surface area is 162 Å². The average molecular weight is 383 g/mol. The number of rotatable bonds is 7. The number of hydrogen-bond donors (Lipinski definition) is 0. The van der Waals surface area contributed by atoms with Crippen molar-refractivity contribution in [2.45, 2.75) is 6.10 Å². The summed E-state index contributed by atoms with van der Waals surface area (Å²) in [5.41, 5.74) is 1.11. The largest absolute Gasteiger partial charge is 0.482 e. The van der Waals surface area contributed by atoms with Crippen LogP contribution < -0.4 is 4.74 Å². The molecule has 1 amide bonds. The second-order valence-electron chi connectivity index (χ2n) is 6.19. The minimum Gasteiger partial charge on any atom is -0.482 e. The zero-order chi connectivity index (χ0) is 19.8. The Morgan fingerprint density at radius 2 is 1.71 bits per heavy atom. The Morgan fingerprint density at radius 3 is 2.36 bits per heavy atom. The lowest BCUT2D eigenvalue weighted by Gasteiger charge is -2.30. The van der Waals surface area contributed by atoms with Crippen LogP contribution in [-0.4, -0.2) is 56.0 Å². The molecule has 0 aliphatic carbocycles. The van der Waals surface area contributed by atoms with Gasteiger partial charge in [-0.2, -0.15) is 0 Å². The number of nitrogens with zero attached hydrogens (tertiary/aromatic N) is 1. The van der Waals surface area contributed by atoms with Crippen LogP contribution >= 0.6 is 0 Å². The first-order valence-corrected chi connectivity index (χ1v) is 8.96. The predicted octanol–water partition coefficient (Wildman–Crippen LogP) is 2.02. The van der Waals surface area contributed by atoms with Crippen molar-refractivity contribution in [3.8, 4) is 5.75 Å². The number of carbonyl (C=O) groups excluding carboxylic acids is 3. The van der Waals surface area contributed by atoms with Crippen molar-refractivity contribution in [2.75, 3.05) is 32.9 Å². The van der Waals surface area contributed by atoms with Crippen LogP contribution in [0.5, 0.6) is 5.75 Å². The molecule has 1 fully saturated rings. The number of benzene rings is 2. The second-order valence-corrected chi connectivity index (χ2v) is 6.19. The molecule has 0 unspecified atom stereocenters. The van der Waals surface area contributed by atoms with E-state index in [1.54, 1.807) is 53.4 Å². The quantitative estimate of drug-likeness (QED) is 0.537. The van der Waals surface area contributed by atoms with Crippen molar-refractivity contribution >= 4 is 18.2 Å². The van der Waals surface area contributed by atoms with E-state index in [1.807, 2.05) is 6.07 Å². The lowest BCUT2D eigenvalue weighted by molar-refractivity contribution is -0.164. The highest BCUT2D eigenvalue weighted by atomic mass is 16.6. The van der Waals surface area contributed by atoms with E-state index in [4.69, 9.17) is 14.2 Å². The van der Waals surface area contributed by atoms with Gasteiger partial charge in [0.2, 0.25) is 6.10 Å². The number of aldehydes is 1. The molecule has 146 valence electrons. The van der Waals surface area contributed by atoms with Crippen molar-refractivity contribution in [2.24, 2.45) is 0 Å². The van der Waals surface area contributed by atoms with Crippen molar-refractivity contribution in [3.63, 3.8) is 0 Å². The highest BCUT2D eigenvalue weighted by molar-refractivity contribution is 5.85. The summed E-state index contributed by atoms with van der Waals surface area (Å²) in [5.74, 6) is -0.508. The van der Waals surface area contributed by atoms with E-state index in [2.05, 4.69) is 0 Å². The van der Waals surface area contributed by atoms with Crippen molar-refractivity contribution < 1.29 is 28.6 Å².